The van der Waals surface area contributed by atoms with Crippen LogP contribution in [0.4, 0.5) is 5.69 Å². The summed E-state index contributed by atoms with van der Waals surface area (Å²) in [4.78, 5) is 1.16. The van der Waals surface area contributed by atoms with Gasteiger partial charge in [0.1, 0.15) is 5.75 Å². The number of phenols is 1. The van der Waals surface area contributed by atoms with Crippen LogP contribution in [0.1, 0.15) is 10.4 Å². The number of hydrogen-bond acceptors (Lipinski definition) is 3. The number of halogens is 1. The Morgan fingerprint density at radius 3 is 2.67 bits per heavy atom. The summed E-state index contributed by atoms with van der Waals surface area (Å²) in [5.74, 6) is 0.195. The van der Waals surface area contributed by atoms with Gasteiger partial charge >= 0.3 is 0 Å². The van der Waals surface area contributed by atoms with Gasteiger partial charge in [-0.05, 0) is 23.8 Å². The van der Waals surface area contributed by atoms with Gasteiger partial charge in [0, 0.05) is 23.1 Å². The van der Waals surface area contributed by atoms with E-state index in [2.05, 4.69) is 0 Å². The Balaban J connectivity index is 2.24. The Morgan fingerprint density at radius 2 is 2.07 bits per heavy atom. The van der Waals surface area contributed by atoms with Gasteiger partial charge in [0.05, 0.1) is 4.34 Å². The first-order valence-electron chi connectivity index (χ1n) is 4.47. The maximum Gasteiger partial charge on any atom is 0.117 e. The molecule has 1 aromatic heterocycles. The van der Waals surface area contributed by atoms with Crippen LogP contribution < -0.4 is 5.73 Å². The standard InChI is InChI=1S/C11H10ClNOS/c12-11-4-3-9(15-11)5-7-1-2-8(14)6-10(7)13/h1-4,6,14H,5,13H2. The molecule has 0 spiro atoms. The third-order valence-corrected chi connectivity index (χ3v) is 3.35. The van der Waals surface area contributed by atoms with E-state index in [0.717, 1.165) is 21.2 Å². The molecule has 0 bridgehead atoms. The van der Waals surface area contributed by atoms with E-state index in [1.54, 1.807) is 23.5 Å². The SMILES string of the molecule is Nc1cc(O)ccc1Cc1ccc(Cl)s1. The van der Waals surface area contributed by atoms with E-state index in [-0.39, 0.29) is 5.75 Å². The lowest BCUT2D eigenvalue weighted by Crippen LogP contribution is -1.93. The van der Waals surface area contributed by atoms with Crippen molar-refractivity contribution in [3.63, 3.8) is 0 Å². The van der Waals surface area contributed by atoms with E-state index in [0.29, 0.717) is 5.69 Å². The second kappa shape index (κ2) is 4.13. The number of nitrogen functional groups attached to an aromatic ring is 1. The van der Waals surface area contributed by atoms with Crippen molar-refractivity contribution >= 4 is 28.6 Å². The largest absolute Gasteiger partial charge is 0.508 e. The molecule has 3 N–H and O–H groups in total. The van der Waals surface area contributed by atoms with Gasteiger partial charge in [-0.2, -0.15) is 0 Å². The molecule has 4 heteroatoms. The Hall–Kier alpha value is -1.19. The topological polar surface area (TPSA) is 46.2 Å². The van der Waals surface area contributed by atoms with Gasteiger partial charge in [0.2, 0.25) is 0 Å². The highest BCUT2D eigenvalue weighted by Gasteiger charge is 2.04. The molecule has 0 unspecified atom stereocenters. The summed E-state index contributed by atoms with van der Waals surface area (Å²) in [6.45, 7) is 0. The van der Waals surface area contributed by atoms with Crippen molar-refractivity contribution in [1.29, 1.82) is 0 Å². The number of aromatic hydroxyl groups is 1. The van der Waals surface area contributed by atoms with Gasteiger partial charge in [0.25, 0.3) is 0 Å². The van der Waals surface area contributed by atoms with Gasteiger partial charge < -0.3 is 10.8 Å². The number of anilines is 1. The minimum Gasteiger partial charge on any atom is -0.508 e. The highest BCUT2D eigenvalue weighted by Crippen LogP contribution is 2.27. The third kappa shape index (κ3) is 2.43. The van der Waals surface area contributed by atoms with E-state index in [1.807, 2.05) is 18.2 Å². The molecule has 0 saturated carbocycles. The molecule has 0 aliphatic rings. The van der Waals surface area contributed by atoms with Crippen molar-refractivity contribution < 1.29 is 5.11 Å². The average molecular weight is 240 g/mol. The second-order valence-electron chi connectivity index (χ2n) is 3.27. The van der Waals surface area contributed by atoms with Crippen LogP contribution in [0.5, 0.6) is 5.75 Å². The minimum atomic E-state index is 0.195. The lowest BCUT2D eigenvalue weighted by Gasteiger charge is -2.04. The lowest BCUT2D eigenvalue weighted by molar-refractivity contribution is 0.475. The zero-order valence-electron chi connectivity index (χ0n) is 7.90. The molecule has 2 nitrogen and oxygen atoms in total. The van der Waals surface area contributed by atoms with Crippen LogP contribution in [0.2, 0.25) is 4.34 Å². The summed E-state index contributed by atoms with van der Waals surface area (Å²) in [7, 11) is 0. The van der Waals surface area contributed by atoms with Gasteiger partial charge in [-0.15, -0.1) is 11.3 Å². The van der Waals surface area contributed by atoms with Gasteiger partial charge in [0.15, 0.2) is 0 Å². The Labute approximate surface area is 96.9 Å². The summed E-state index contributed by atoms with van der Waals surface area (Å²) < 4.78 is 0.780. The molecule has 0 amide bonds. The number of phenolic OH excluding ortho intramolecular Hbond substituents is 1. The molecule has 1 heterocycles. The average Bonchev–Trinajstić information content (AvgIpc) is 2.56. The second-order valence-corrected chi connectivity index (χ2v) is 5.07. The van der Waals surface area contributed by atoms with Crippen LogP contribution in [-0.4, -0.2) is 5.11 Å². The fourth-order valence-electron chi connectivity index (χ4n) is 1.38. The molecule has 0 atom stereocenters. The molecular weight excluding hydrogens is 230 g/mol. The molecule has 1 aromatic carbocycles. The molecule has 78 valence electrons. The van der Waals surface area contributed by atoms with Crippen LogP contribution >= 0.6 is 22.9 Å². The van der Waals surface area contributed by atoms with Gasteiger partial charge in [-0.1, -0.05) is 17.7 Å². The summed E-state index contributed by atoms with van der Waals surface area (Å²) >= 11 is 7.38. The number of nitrogens with two attached hydrogens (primary N) is 1. The Bertz CT molecular complexity index is 481. The fraction of sp³-hybridized carbons (Fsp3) is 0.0909. The first-order valence-corrected chi connectivity index (χ1v) is 5.66. The van der Waals surface area contributed by atoms with E-state index in [9.17, 15) is 5.11 Å². The summed E-state index contributed by atoms with van der Waals surface area (Å²) in [6, 6.07) is 8.89. The quantitative estimate of drug-likeness (QED) is 0.790. The van der Waals surface area contributed by atoms with E-state index in [1.165, 1.54) is 0 Å². The van der Waals surface area contributed by atoms with Crippen LogP contribution in [0, 0.1) is 0 Å². The number of rotatable bonds is 2. The number of hydrogen-bond donors (Lipinski definition) is 2. The van der Waals surface area contributed by atoms with Crippen LogP contribution in [-0.2, 0) is 6.42 Å². The first-order chi connectivity index (χ1) is 7.15. The van der Waals surface area contributed by atoms with Crippen LogP contribution in [0.3, 0.4) is 0 Å². The summed E-state index contributed by atoms with van der Waals surface area (Å²) in [5.41, 5.74) is 7.40. The molecule has 15 heavy (non-hydrogen) atoms. The molecule has 0 radical (unpaired) electrons. The van der Waals surface area contributed by atoms with Crippen LogP contribution in [0.15, 0.2) is 30.3 Å². The minimum absolute atomic E-state index is 0.195. The third-order valence-electron chi connectivity index (χ3n) is 2.12. The smallest absolute Gasteiger partial charge is 0.117 e. The van der Waals surface area contributed by atoms with Crippen molar-refractivity contribution in [1.82, 2.24) is 0 Å². The van der Waals surface area contributed by atoms with Crippen molar-refractivity contribution in [3.8, 4) is 5.75 Å². The monoisotopic (exact) mass is 239 g/mol. The van der Waals surface area contributed by atoms with Gasteiger partial charge in [-0.25, -0.2) is 0 Å². The lowest BCUT2D eigenvalue weighted by atomic mass is 10.1. The summed E-state index contributed by atoms with van der Waals surface area (Å²) in [6.07, 6.45) is 0.753. The Kier molecular flexibility index (Phi) is 2.84. The van der Waals surface area contributed by atoms with Crippen molar-refractivity contribution in [2.45, 2.75) is 6.42 Å². The molecule has 2 rings (SSSR count). The summed E-state index contributed by atoms with van der Waals surface area (Å²) in [5, 5.41) is 9.21. The highest BCUT2D eigenvalue weighted by atomic mass is 35.5. The molecule has 0 fully saturated rings. The zero-order chi connectivity index (χ0) is 10.8. The molecule has 0 saturated heterocycles. The van der Waals surface area contributed by atoms with Crippen molar-refractivity contribution in [2.24, 2.45) is 0 Å². The van der Waals surface area contributed by atoms with E-state index >= 15 is 0 Å². The number of thiophene rings is 1. The fourth-order valence-corrected chi connectivity index (χ4v) is 2.49. The Morgan fingerprint density at radius 1 is 1.27 bits per heavy atom. The van der Waals surface area contributed by atoms with E-state index in [4.69, 9.17) is 17.3 Å². The van der Waals surface area contributed by atoms with Crippen molar-refractivity contribution in [3.05, 3.63) is 45.1 Å². The van der Waals surface area contributed by atoms with Crippen LogP contribution in [0.25, 0.3) is 0 Å². The first kappa shape index (κ1) is 10.3. The van der Waals surface area contributed by atoms with Gasteiger partial charge in [-0.3, -0.25) is 0 Å². The highest BCUT2D eigenvalue weighted by molar-refractivity contribution is 7.16. The predicted molar refractivity (Wildman–Crippen MR) is 64.7 cm³/mol. The normalized spacial score (nSPS) is 10.5. The zero-order valence-corrected chi connectivity index (χ0v) is 9.48. The number of benzene rings is 1. The van der Waals surface area contributed by atoms with Crippen molar-refractivity contribution in [2.75, 3.05) is 5.73 Å². The predicted octanol–water partition coefficient (Wildman–Crippen LogP) is 3.28. The molecular formula is C11H10ClNOS. The molecule has 0 aliphatic heterocycles. The maximum atomic E-state index is 9.21. The molecule has 2 aromatic rings. The molecule has 0 aliphatic carbocycles. The maximum absolute atomic E-state index is 9.21. The van der Waals surface area contributed by atoms with E-state index < -0.39 is 0 Å².